The van der Waals surface area contributed by atoms with Crippen LogP contribution in [-0.4, -0.2) is 106 Å². The van der Waals surface area contributed by atoms with Crippen molar-refractivity contribution in [3.63, 3.8) is 0 Å². The lowest BCUT2D eigenvalue weighted by atomic mass is 9.72. The highest BCUT2D eigenvalue weighted by atomic mass is 19.1. The van der Waals surface area contributed by atoms with Gasteiger partial charge in [-0.15, -0.1) is 0 Å². The molecule has 5 aromatic rings. The number of benzene rings is 4. The number of aromatic hydroxyl groups is 1. The molecule has 4 saturated heterocycles. The van der Waals surface area contributed by atoms with E-state index in [0.717, 1.165) is 49.2 Å². The number of rotatable bonds is 16. The number of phenolic OH excluding ortho intramolecular Hbond substituents is 1. The summed E-state index contributed by atoms with van der Waals surface area (Å²) >= 11 is 0. The molecular weight excluding hydrogens is 802 g/mol. The minimum atomic E-state index is -0.920. The minimum absolute atomic E-state index is 0.0126. The molecule has 0 aliphatic carbocycles. The Bertz CT molecular complexity index is 2450. The SMILES string of the molecule is O=C(Cc1ccc(CC(=O)N(CCCNC[C@H](O)c2ccc(O)c3[nH]c(=O)ccc23)Cc2cccc(F)c2)cc1)N1CCC(C(=O)O[C@H]2CN3CCC2CC3)(c2ccccc2)CC1. The number of amides is 2. The number of aromatic nitrogens is 1. The van der Waals surface area contributed by atoms with E-state index in [1.165, 1.54) is 24.3 Å². The first-order valence-electron chi connectivity index (χ1n) is 22.1. The summed E-state index contributed by atoms with van der Waals surface area (Å²) < 4.78 is 20.5. The molecule has 9 rings (SSSR count). The molecule has 0 radical (unpaired) electrons. The van der Waals surface area contributed by atoms with Gasteiger partial charge in [0.05, 0.1) is 29.9 Å². The number of pyridine rings is 1. The molecule has 1 aromatic heterocycles. The molecule has 63 heavy (non-hydrogen) atoms. The predicted octanol–water partition coefficient (Wildman–Crippen LogP) is 5.40. The number of carbonyl (C=O) groups excluding carboxylic acids is 3. The summed E-state index contributed by atoms with van der Waals surface area (Å²) in [6.45, 7) is 5.13. The molecule has 4 aliphatic heterocycles. The van der Waals surface area contributed by atoms with Gasteiger partial charge >= 0.3 is 5.97 Å². The highest BCUT2D eigenvalue weighted by Gasteiger charge is 2.47. The number of nitrogens with zero attached hydrogens (tertiary/aromatic N) is 3. The molecule has 12 nitrogen and oxygen atoms in total. The smallest absolute Gasteiger partial charge is 0.317 e. The summed E-state index contributed by atoms with van der Waals surface area (Å²) in [5.74, 6) is -0.367. The van der Waals surface area contributed by atoms with Crippen molar-refractivity contribution in [3.8, 4) is 5.75 Å². The van der Waals surface area contributed by atoms with Crippen molar-refractivity contribution in [2.45, 2.75) is 69.1 Å². The van der Waals surface area contributed by atoms with Crippen LogP contribution in [0.3, 0.4) is 0 Å². The number of carbonyl (C=O) groups is 3. The predicted molar refractivity (Wildman–Crippen MR) is 237 cm³/mol. The molecule has 5 heterocycles. The quantitative estimate of drug-likeness (QED) is 0.0755. The van der Waals surface area contributed by atoms with Crippen LogP contribution in [-0.2, 0) is 43.9 Å². The van der Waals surface area contributed by atoms with E-state index in [1.54, 1.807) is 29.2 Å². The monoisotopic (exact) mass is 857 g/mol. The largest absolute Gasteiger partial charge is 0.506 e. The summed E-state index contributed by atoms with van der Waals surface area (Å²) in [5.41, 5.74) is 2.89. The average Bonchev–Trinajstić information content (AvgIpc) is 3.30. The zero-order valence-electron chi connectivity index (χ0n) is 35.5. The molecule has 4 aliphatic rings. The van der Waals surface area contributed by atoms with Gasteiger partial charge in [-0.05, 0) is 110 Å². The number of aromatic amines is 1. The van der Waals surface area contributed by atoms with Gasteiger partial charge in [0.25, 0.3) is 0 Å². The first-order valence-corrected chi connectivity index (χ1v) is 22.1. The van der Waals surface area contributed by atoms with Gasteiger partial charge in [-0.25, -0.2) is 4.39 Å². The first kappa shape index (κ1) is 43.7. The van der Waals surface area contributed by atoms with Crippen molar-refractivity contribution in [1.82, 2.24) is 25.0 Å². The normalized spacial score (nSPS) is 19.7. The number of fused-ring (bicyclic) bond motifs is 4. The second-order valence-electron chi connectivity index (χ2n) is 17.4. The van der Waals surface area contributed by atoms with E-state index in [9.17, 15) is 33.8 Å². The van der Waals surface area contributed by atoms with Crippen LogP contribution in [0.4, 0.5) is 4.39 Å². The highest BCUT2D eigenvalue weighted by Crippen LogP contribution is 2.39. The van der Waals surface area contributed by atoms with E-state index in [-0.39, 0.29) is 72.5 Å². The molecule has 0 unspecified atom stereocenters. The molecule has 2 amide bonds. The summed E-state index contributed by atoms with van der Waals surface area (Å²) in [6.07, 6.45) is 2.99. The van der Waals surface area contributed by atoms with Crippen molar-refractivity contribution in [3.05, 3.63) is 147 Å². The van der Waals surface area contributed by atoms with E-state index in [2.05, 4.69) is 15.2 Å². The number of phenols is 1. The molecule has 2 bridgehead atoms. The lowest BCUT2D eigenvalue weighted by molar-refractivity contribution is -0.168. The van der Waals surface area contributed by atoms with Crippen LogP contribution in [0.15, 0.2) is 108 Å². The van der Waals surface area contributed by atoms with Gasteiger partial charge in [-0.1, -0.05) is 72.8 Å². The lowest BCUT2D eigenvalue weighted by Gasteiger charge is -2.46. The maximum absolute atomic E-state index is 14.1. The molecule has 0 saturated carbocycles. The van der Waals surface area contributed by atoms with E-state index in [4.69, 9.17) is 4.74 Å². The van der Waals surface area contributed by atoms with Crippen molar-refractivity contribution < 1.29 is 33.7 Å². The number of likely N-dealkylation sites (tertiary alicyclic amines) is 1. The molecule has 13 heteroatoms. The van der Waals surface area contributed by atoms with Crippen LogP contribution in [0.2, 0.25) is 0 Å². The highest BCUT2D eigenvalue weighted by molar-refractivity contribution is 5.87. The molecule has 2 atom stereocenters. The van der Waals surface area contributed by atoms with Crippen LogP contribution in [0.5, 0.6) is 5.75 Å². The Labute approximate surface area is 366 Å². The van der Waals surface area contributed by atoms with E-state index in [1.807, 2.05) is 59.5 Å². The van der Waals surface area contributed by atoms with Gasteiger partial charge < -0.3 is 35.1 Å². The average molecular weight is 858 g/mol. The molecule has 4 aromatic carbocycles. The summed E-state index contributed by atoms with van der Waals surface area (Å²) in [4.78, 5) is 61.8. The molecule has 330 valence electrons. The lowest BCUT2D eigenvalue weighted by Crippen LogP contribution is -2.55. The maximum Gasteiger partial charge on any atom is 0.317 e. The fourth-order valence-corrected chi connectivity index (χ4v) is 9.59. The topological polar surface area (TPSA) is 156 Å². The van der Waals surface area contributed by atoms with Crippen molar-refractivity contribution in [2.24, 2.45) is 5.92 Å². The second kappa shape index (κ2) is 19.7. The third-order valence-corrected chi connectivity index (χ3v) is 13.3. The summed E-state index contributed by atoms with van der Waals surface area (Å²) in [7, 11) is 0. The number of esters is 1. The second-order valence-corrected chi connectivity index (χ2v) is 17.4. The first-order chi connectivity index (χ1) is 30.5. The van der Waals surface area contributed by atoms with Gasteiger partial charge in [-0.3, -0.25) is 24.1 Å². The van der Waals surface area contributed by atoms with Crippen LogP contribution >= 0.6 is 0 Å². The van der Waals surface area contributed by atoms with Gasteiger partial charge in [0.15, 0.2) is 0 Å². The Kier molecular flexibility index (Phi) is 13.6. The summed E-state index contributed by atoms with van der Waals surface area (Å²) in [6, 6.07) is 29.5. The maximum atomic E-state index is 14.1. The molecule has 4 N–H and O–H groups in total. The van der Waals surface area contributed by atoms with Crippen LogP contribution in [0.1, 0.15) is 66.0 Å². The number of nitrogens with one attached hydrogen (secondary N) is 2. The van der Waals surface area contributed by atoms with Gasteiger partial charge in [0.2, 0.25) is 17.4 Å². The van der Waals surface area contributed by atoms with E-state index < -0.39 is 11.5 Å². The standard InChI is InChI=1S/C50H56FN5O7/c51-39-9-4-6-36(28-39)32-56(23-5-22-52-31-43(58)40-14-16-42(57)48-41(40)15-17-45(59)53-48)47(61)30-35-12-10-34(11-13-35)29-46(60)55-26-20-50(21-27-55,38-7-2-1-3-8-38)49(62)63-44-33-54-24-18-37(44)19-25-54/h1-4,6-17,28,37,43-44,52,57-58H,5,18-27,29-33H2,(H,53,59)/t43-,44-/m0/s1. The van der Waals surface area contributed by atoms with Gasteiger partial charge in [0, 0.05) is 50.7 Å². The zero-order valence-corrected chi connectivity index (χ0v) is 35.5. The number of piperidine rings is 4. The third-order valence-electron chi connectivity index (χ3n) is 13.3. The third kappa shape index (κ3) is 10.3. The fourth-order valence-electron chi connectivity index (χ4n) is 9.59. The Balaban J connectivity index is 0.843. The van der Waals surface area contributed by atoms with Crippen molar-refractivity contribution in [2.75, 3.05) is 52.4 Å². The zero-order chi connectivity index (χ0) is 43.9. The van der Waals surface area contributed by atoms with Crippen LogP contribution in [0.25, 0.3) is 10.9 Å². The number of H-pyrrole nitrogens is 1. The van der Waals surface area contributed by atoms with E-state index in [0.29, 0.717) is 67.9 Å². The van der Waals surface area contributed by atoms with Crippen molar-refractivity contribution in [1.29, 1.82) is 0 Å². The van der Waals surface area contributed by atoms with Crippen molar-refractivity contribution >= 4 is 28.7 Å². The number of aliphatic hydroxyl groups is 1. The van der Waals surface area contributed by atoms with Crippen LogP contribution in [0, 0.1) is 11.7 Å². The minimum Gasteiger partial charge on any atom is -0.506 e. The molecular formula is C50H56FN5O7. The Morgan fingerprint density at radius 1 is 0.873 bits per heavy atom. The summed E-state index contributed by atoms with van der Waals surface area (Å²) in [5, 5.41) is 24.9. The number of aliphatic hydroxyl groups excluding tert-OH is 1. The van der Waals surface area contributed by atoms with E-state index >= 15 is 0 Å². The molecule has 0 spiro atoms. The van der Waals surface area contributed by atoms with Gasteiger partial charge in [0.1, 0.15) is 17.7 Å². The number of hydrogen-bond donors (Lipinski definition) is 4. The molecule has 4 fully saturated rings. The number of hydrogen-bond acceptors (Lipinski definition) is 9. The van der Waals surface area contributed by atoms with Crippen LogP contribution < -0.4 is 10.9 Å². The Morgan fingerprint density at radius 3 is 2.30 bits per heavy atom. The Hall–Kier alpha value is -5.89. The van der Waals surface area contributed by atoms with Gasteiger partial charge in [-0.2, -0.15) is 0 Å². The Morgan fingerprint density at radius 2 is 1.60 bits per heavy atom. The number of ether oxygens (including phenoxy) is 1. The number of halogens is 1. The fraction of sp³-hybridized carbons (Fsp3) is 0.400.